The Morgan fingerprint density at radius 1 is 0.878 bits per heavy atom. The number of anilines is 2. The van der Waals surface area contributed by atoms with Crippen molar-refractivity contribution >= 4 is 29.4 Å². The molecule has 3 aromatic carbocycles. The normalized spacial score (nSPS) is 12.6. The van der Waals surface area contributed by atoms with Crippen LogP contribution in [0.25, 0.3) is 6.08 Å². The lowest BCUT2D eigenvalue weighted by Crippen LogP contribution is -2.45. The Morgan fingerprint density at radius 3 is 2.12 bits per heavy atom. The van der Waals surface area contributed by atoms with Gasteiger partial charge in [-0.15, -0.1) is 0 Å². The topological polar surface area (TPSA) is 114 Å². The number of halogens is 6. The molecule has 1 unspecified atom stereocenters. The Balaban J connectivity index is 1.46. The highest BCUT2D eigenvalue weighted by molar-refractivity contribution is 5.91. The first-order valence-electron chi connectivity index (χ1n) is 11.9. The predicted molar refractivity (Wildman–Crippen MR) is 138 cm³/mol. The third-order valence-corrected chi connectivity index (χ3v) is 5.47. The maximum absolute atomic E-state index is 13.4. The van der Waals surface area contributed by atoms with Crippen molar-refractivity contribution in [2.75, 3.05) is 24.7 Å². The van der Waals surface area contributed by atoms with Crippen molar-refractivity contribution in [3.63, 3.8) is 0 Å². The molecule has 4 N–H and O–H groups in total. The summed E-state index contributed by atoms with van der Waals surface area (Å²) in [6.07, 6.45) is -6.99. The third-order valence-electron chi connectivity index (χ3n) is 5.47. The summed E-state index contributed by atoms with van der Waals surface area (Å²) in [6, 6.07) is 15.5. The molecule has 1 atom stereocenters. The fourth-order valence-corrected chi connectivity index (χ4v) is 3.31. The van der Waals surface area contributed by atoms with Crippen LogP contribution in [-0.2, 0) is 16.0 Å². The van der Waals surface area contributed by atoms with Crippen LogP contribution in [-0.4, -0.2) is 43.4 Å². The van der Waals surface area contributed by atoms with Gasteiger partial charge in [-0.3, -0.25) is 0 Å². The van der Waals surface area contributed by atoms with E-state index < -0.39 is 36.8 Å². The number of ether oxygens (including phenoxy) is 3. The van der Waals surface area contributed by atoms with Crippen molar-refractivity contribution in [3.05, 3.63) is 89.5 Å². The van der Waals surface area contributed by atoms with E-state index in [0.717, 1.165) is 29.8 Å². The molecule has 0 fully saturated rings. The largest absolute Gasteiger partial charge is 0.487 e. The van der Waals surface area contributed by atoms with Crippen molar-refractivity contribution in [1.29, 1.82) is 0 Å². The van der Waals surface area contributed by atoms with Crippen LogP contribution >= 0.6 is 0 Å². The van der Waals surface area contributed by atoms with Crippen molar-refractivity contribution in [1.82, 2.24) is 0 Å². The summed E-state index contributed by atoms with van der Waals surface area (Å²) >= 11 is 0. The quantitative estimate of drug-likeness (QED) is 0.0968. The number of hydrogen-bond acceptors (Lipinski definition) is 7. The van der Waals surface area contributed by atoms with Gasteiger partial charge in [0.2, 0.25) is 0 Å². The lowest BCUT2D eigenvalue weighted by molar-refractivity contribution is -0.250. The van der Waals surface area contributed by atoms with Crippen molar-refractivity contribution < 1.29 is 50.1 Å². The van der Waals surface area contributed by atoms with E-state index in [2.05, 4.69) is 4.74 Å². The number of carbonyl (C=O) groups excluding carboxylic acids is 2. The van der Waals surface area contributed by atoms with Crippen LogP contribution in [0.1, 0.15) is 21.5 Å². The van der Waals surface area contributed by atoms with E-state index in [-0.39, 0.29) is 23.7 Å². The number of rotatable bonds is 11. The Kier molecular flexibility index (Phi) is 9.87. The highest BCUT2D eigenvalue weighted by Crippen LogP contribution is 2.35. The van der Waals surface area contributed by atoms with E-state index in [1.807, 2.05) is 0 Å². The summed E-state index contributed by atoms with van der Waals surface area (Å²) < 4.78 is 91.2. The second-order valence-corrected chi connectivity index (χ2v) is 8.65. The molecule has 41 heavy (non-hydrogen) atoms. The van der Waals surface area contributed by atoms with Gasteiger partial charge in [0.05, 0.1) is 12.2 Å². The standard InChI is InChI=1S/C28H24F6N2O5/c29-26(28(32,33)34)27(30,31)16-40-21-10-5-19(6-11-21)25(38)41-22-8-1-17(2-9-22)3-12-24(37)39-14-13-18-4-7-20(35)15-23(18)36/h1-12,15,26H,13-14,16,35-36H2. The molecular formula is C28H24F6N2O5. The number of benzene rings is 3. The van der Waals surface area contributed by atoms with Gasteiger partial charge in [-0.05, 0) is 65.7 Å². The van der Waals surface area contributed by atoms with Gasteiger partial charge in [0.25, 0.3) is 6.17 Å². The van der Waals surface area contributed by atoms with Crippen LogP contribution in [0.4, 0.5) is 37.7 Å². The van der Waals surface area contributed by atoms with Gasteiger partial charge in [-0.25, -0.2) is 14.0 Å². The lowest BCUT2D eigenvalue weighted by Gasteiger charge is -2.22. The van der Waals surface area contributed by atoms with Gasteiger partial charge in [0.1, 0.15) is 11.5 Å². The number of alkyl halides is 6. The Hall–Kier alpha value is -4.68. The van der Waals surface area contributed by atoms with Gasteiger partial charge < -0.3 is 25.7 Å². The van der Waals surface area contributed by atoms with E-state index in [1.54, 1.807) is 30.3 Å². The summed E-state index contributed by atoms with van der Waals surface area (Å²) in [5, 5.41) is 0. The molecule has 0 aliphatic rings. The minimum Gasteiger partial charge on any atom is -0.487 e. The molecule has 0 aliphatic heterocycles. The molecule has 0 aromatic heterocycles. The van der Waals surface area contributed by atoms with E-state index in [9.17, 15) is 35.9 Å². The Morgan fingerprint density at radius 2 is 1.51 bits per heavy atom. The second kappa shape index (κ2) is 13.1. The molecule has 3 aromatic rings. The molecule has 0 saturated carbocycles. The van der Waals surface area contributed by atoms with Gasteiger partial charge in [0.15, 0.2) is 6.61 Å². The molecule has 0 heterocycles. The molecule has 0 spiro atoms. The monoisotopic (exact) mass is 582 g/mol. The van der Waals surface area contributed by atoms with Gasteiger partial charge >= 0.3 is 24.0 Å². The lowest BCUT2D eigenvalue weighted by atomic mass is 10.1. The van der Waals surface area contributed by atoms with Crippen LogP contribution in [0.3, 0.4) is 0 Å². The first kappa shape index (κ1) is 30.9. The maximum Gasteiger partial charge on any atom is 0.425 e. The minimum absolute atomic E-state index is 0.0183. The molecule has 218 valence electrons. The van der Waals surface area contributed by atoms with Crippen LogP contribution in [0.2, 0.25) is 0 Å². The Bertz CT molecular complexity index is 1380. The first-order chi connectivity index (χ1) is 19.2. The minimum atomic E-state index is -5.74. The zero-order valence-electron chi connectivity index (χ0n) is 21.2. The van der Waals surface area contributed by atoms with E-state index in [4.69, 9.17) is 20.9 Å². The fourth-order valence-electron chi connectivity index (χ4n) is 3.31. The zero-order valence-corrected chi connectivity index (χ0v) is 21.2. The summed E-state index contributed by atoms with van der Waals surface area (Å²) in [7, 11) is 0. The zero-order chi connectivity index (χ0) is 30.2. The van der Waals surface area contributed by atoms with Crippen LogP contribution in [0.15, 0.2) is 72.8 Å². The average molecular weight is 582 g/mol. The number of carbonyl (C=O) groups is 2. The predicted octanol–water partition coefficient (Wildman–Crippen LogP) is 5.78. The Labute approximate surface area is 230 Å². The van der Waals surface area contributed by atoms with Gasteiger partial charge in [-0.1, -0.05) is 18.2 Å². The van der Waals surface area contributed by atoms with Crippen LogP contribution in [0.5, 0.6) is 11.5 Å². The summed E-state index contributed by atoms with van der Waals surface area (Å²) in [4.78, 5) is 24.3. The fraction of sp³-hybridized carbons (Fsp3) is 0.214. The molecule has 0 saturated heterocycles. The van der Waals surface area contributed by atoms with Gasteiger partial charge in [0, 0.05) is 23.9 Å². The van der Waals surface area contributed by atoms with Crippen molar-refractivity contribution in [3.8, 4) is 11.5 Å². The SMILES string of the molecule is Nc1ccc(CCOC(=O)C=Cc2ccc(OC(=O)c3ccc(OCC(F)(F)C(F)C(F)(F)F)cc3)cc2)c(N)c1. The van der Waals surface area contributed by atoms with E-state index >= 15 is 0 Å². The number of nitrogens with two attached hydrogens (primary N) is 2. The molecule has 0 bridgehead atoms. The molecular weight excluding hydrogens is 558 g/mol. The summed E-state index contributed by atoms with van der Waals surface area (Å²) in [6.45, 7) is -1.74. The smallest absolute Gasteiger partial charge is 0.425 e. The summed E-state index contributed by atoms with van der Waals surface area (Å²) in [5.41, 5.74) is 13.9. The second-order valence-electron chi connectivity index (χ2n) is 8.65. The van der Waals surface area contributed by atoms with Gasteiger partial charge in [-0.2, -0.15) is 22.0 Å². The maximum atomic E-state index is 13.4. The highest BCUT2D eigenvalue weighted by Gasteiger charge is 2.57. The van der Waals surface area contributed by atoms with E-state index in [0.29, 0.717) is 23.4 Å². The highest BCUT2D eigenvalue weighted by atomic mass is 19.4. The van der Waals surface area contributed by atoms with Crippen LogP contribution in [0, 0.1) is 0 Å². The third kappa shape index (κ3) is 9.19. The number of hydrogen-bond donors (Lipinski definition) is 2. The van der Waals surface area contributed by atoms with Crippen molar-refractivity contribution in [2.45, 2.75) is 24.7 Å². The van der Waals surface area contributed by atoms with Crippen LogP contribution < -0.4 is 20.9 Å². The first-order valence-corrected chi connectivity index (χ1v) is 11.9. The molecule has 13 heteroatoms. The average Bonchev–Trinajstić information content (AvgIpc) is 2.92. The molecule has 3 rings (SSSR count). The molecule has 7 nitrogen and oxygen atoms in total. The van der Waals surface area contributed by atoms with E-state index in [1.165, 1.54) is 24.3 Å². The number of esters is 2. The molecule has 0 aliphatic carbocycles. The number of nitrogen functional groups attached to an aromatic ring is 2. The molecule has 0 amide bonds. The van der Waals surface area contributed by atoms with Crippen molar-refractivity contribution in [2.24, 2.45) is 0 Å². The summed E-state index contributed by atoms with van der Waals surface area (Å²) in [5.74, 6) is -6.35. The molecule has 0 radical (unpaired) electrons.